The van der Waals surface area contributed by atoms with Crippen molar-refractivity contribution in [2.45, 2.75) is 58.5 Å². The molecule has 4 aliphatic carbocycles. The van der Waals surface area contributed by atoms with Gasteiger partial charge in [-0.3, -0.25) is 0 Å². The van der Waals surface area contributed by atoms with E-state index in [4.69, 9.17) is 0 Å². The van der Waals surface area contributed by atoms with Crippen LogP contribution in [0, 0.1) is 22.2 Å². The van der Waals surface area contributed by atoms with Crippen LogP contribution in [0.25, 0.3) is 0 Å². The number of rotatable bonds is 2. The second kappa shape index (κ2) is 3.46. The summed E-state index contributed by atoms with van der Waals surface area (Å²) in [4.78, 5) is 3.24. The fourth-order valence-electron chi connectivity index (χ4n) is 6.69. The number of H-pyrrole nitrogens is 1. The van der Waals surface area contributed by atoms with Crippen LogP contribution < -0.4 is 0 Å². The van der Waals surface area contributed by atoms with Gasteiger partial charge >= 0.3 is 0 Å². The van der Waals surface area contributed by atoms with Gasteiger partial charge in [-0.15, -0.1) is 0 Å². The van der Waals surface area contributed by atoms with E-state index in [2.05, 4.69) is 18.8 Å². The van der Waals surface area contributed by atoms with Gasteiger partial charge in [0.2, 0.25) is 0 Å². The summed E-state index contributed by atoms with van der Waals surface area (Å²) < 4.78 is 0. The molecule has 1 heterocycles. The first-order chi connectivity index (χ1) is 8.92. The van der Waals surface area contributed by atoms with E-state index in [0.717, 1.165) is 11.6 Å². The average molecular weight is 259 g/mol. The first kappa shape index (κ1) is 12.0. The number of hydrogen-bond acceptors (Lipinski definition) is 1. The molecule has 4 bridgehead atoms. The van der Waals surface area contributed by atoms with Gasteiger partial charge in [-0.25, -0.2) is 0 Å². The smallest absolute Gasteiger partial charge is 0.0994 e. The number of nitrogens with one attached hydrogen (secondary N) is 1. The molecule has 3 unspecified atom stereocenters. The predicted octanol–water partition coefficient (Wildman–Crippen LogP) is 4.04. The minimum Gasteiger partial charge on any atom is -0.386 e. The maximum atomic E-state index is 11.0. The van der Waals surface area contributed by atoms with Crippen LogP contribution in [0.3, 0.4) is 0 Å². The second-order valence-electron chi connectivity index (χ2n) is 8.52. The van der Waals surface area contributed by atoms with E-state index in [-0.39, 0.29) is 11.5 Å². The molecule has 3 atom stereocenters. The molecule has 1 aromatic heterocycles. The van der Waals surface area contributed by atoms with Crippen molar-refractivity contribution in [2.24, 2.45) is 22.2 Å². The molecule has 2 N–H and O–H groups in total. The van der Waals surface area contributed by atoms with Gasteiger partial charge in [-0.05, 0) is 67.4 Å². The van der Waals surface area contributed by atoms with Crippen molar-refractivity contribution in [3.05, 3.63) is 24.0 Å². The molecule has 4 aliphatic rings. The topological polar surface area (TPSA) is 36.0 Å². The number of aliphatic hydroxyl groups excluding tert-OH is 1. The average Bonchev–Trinajstić information content (AvgIpc) is 2.75. The minimum absolute atomic E-state index is 0.133. The van der Waals surface area contributed by atoms with E-state index in [1.807, 2.05) is 18.3 Å². The Morgan fingerprint density at radius 3 is 2.37 bits per heavy atom. The van der Waals surface area contributed by atoms with Crippen molar-refractivity contribution < 1.29 is 5.11 Å². The van der Waals surface area contributed by atoms with Crippen molar-refractivity contribution in [2.75, 3.05) is 0 Å². The Morgan fingerprint density at radius 2 is 1.84 bits per heavy atom. The molecule has 104 valence electrons. The van der Waals surface area contributed by atoms with E-state index in [1.165, 1.54) is 38.5 Å². The molecule has 0 radical (unpaired) electrons. The number of aromatic amines is 1. The van der Waals surface area contributed by atoms with Gasteiger partial charge in [0.25, 0.3) is 0 Å². The van der Waals surface area contributed by atoms with Gasteiger partial charge in [-0.2, -0.15) is 0 Å². The third-order valence-electron chi connectivity index (χ3n) is 6.17. The first-order valence-corrected chi connectivity index (χ1v) is 7.74. The molecule has 0 aromatic carbocycles. The van der Waals surface area contributed by atoms with Crippen LogP contribution in [0.5, 0.6) is 0 Å². The third kappa shape index (κ3) is 1.65. The zero-order valence-electron chi connectivity index (χ0n) is 12.1. The normalized spacial score (nSPS) is 49.5. The highest BCUT2D eigenvalue weighted by atomic mass is 16.3. The van der Waals surface area contributed by atoms with Crippen molar-refractivity contribution in [3.8, 4) is 0 Å². The molecular weight excluding hydrogens is 234 g/mol. The number of aliphatic hydroxyl groups is 1. The van der Waals surface area contributed by atoms with Crippen molar-refractivity contribution in [3.63, 3.8) is 0 Å². The van der Waals surface area contributed by atoms with Crippen LogP contribution in [0.15, 0.2) is 18.3 Å². The molecular formula is C17H25NO. The molecule has 4 fully saturated rings. The molecule has 0 saturated heterocycles. The lowest BCUT2D eigenvalue weighted by atomic mass is 9.39. The third-order valence-corrected chi connectivity index (χ3v) is 6.17. The lowest BCUT2D eigenvalue weighted by molar-refractivity contribution is -0.187. The summed E-state index contributed by atoms with van der Waals surface area (Å²) in [6, 6.07) is 4.05. The highest BCUT2D eigenvalue weighted by Gasteiger charge is 2.62. The Bertz CT molecular complexity index is 473. The Hall–Kier alpha value is -0.760. The first-order valence-electron chi connectivity index (χ1n) is 7.74. The fourth-order valence-corrected chi connectivity index (χ4v) is 6.69. The van der Waals surface area contributed by atoms with Gasteiger partial charge in [0, 0.05) is 17.3 Å². The van der Waals surface area contributed by atoms with Crippen LogP contribution >= 0.6 is 0 Å². The van der Waals surface area contributed by atoms with E-state index in [0.29, 0.717) is 10.8 Å². The lowest BCUT2D eigenvalue weighted by Gasteiger charge is -2.66. The summed E-state index contributed by atoms with van der Waals surface area (Å²) in [5.74, 6) is 0.843. The molecule has 2 heteroatoms. The summed E-state index contributed by atoms with van der Waals surface area (Å²) in [5.41, 5.74) is 2.10. The van der Waals surface area contributed by atoms with Gasteiger partial charge in [-0.1, -0.05) is 13.8 Å². The molecule has 0 spiro atoms. The summed E-state index contributed by atoms with van der Waals surface area (Å²) in [6.45, 7) is 4.93. The summed E-state index contributed by atoms with van der Waals surface area (Å²) in [6.07, 6.45) is 9.45. The van der Waals surface area contributed by atoms with E-state index >= 15 is 0 Å². The Kier molecular flexibility index (Phi) is 2.19. The zero-order chi connectivity index (χ0) is 13.3. The molecule has 1 aromatic rings. The van der Waals surface area contributed by atoms with Crippen molar-refractivity contribution in [1.29, 1.82) is 0 Å². The number of hydrogen-bond donors (Lipinski definition) is 2. The fraction of sp³-hybridized carbons (Fsp3) is 0.765. The summed E-state index contributed by atoms with van der Waals surface area (Å²) >= 11 is 0. The molecule has 19 heavy (non-hydrogen) atoms. The van der Waals surface area contributed by atoms with Crippen molar-refractivity contribution in [1.82, 2.24) is 4.98 Å². The molecule has 2 nitrogen and oxygen atoms in total. The Morgan fingerprint density at radius 1 is 1.16 bits per heavy atom. The van der Waals surface area contributed by atoms with Crippen LogP contribution in [0.2, 0.25) is 0 Å². The maximum absolute atomic E-state index is 11.0. The SMILES string of the molecule is CC12CC3CC(C)(C1)CC(C(O)c1ccc[nH]1)(C3)C2. The van der Waals surface area contributed by atoms with Gasteiger partial charge in [0.1, 0.15) is 0 Å². The van der Waals surface area contributed by atoms with Crippen LogP contribution in [0.1, 0.15) is 64.2 Å². The van der Waals surface area contributed by atoms with Crippen LogP contribution in [0.4, 0.5) is 0 Å². The van der Waals surface area contributed by atoms with E-state index in [1.54, 1.807) is 0 Å². The minimum atomic E-state index is -0.301. The largest absolute Gasteiger partial charge is 0.386 e. The monoisotopic (exact) mass is 259 g/mol. The Balaban J connectivity index is 1.75. The molecule has 0 aliphatic heterocycles. The maximum Gasteiger partial charge on any atom is 0.0994 e. The molecule has 0 amide bonds. The zero-order valence-corrected chi connectivity index (χ0v) is 12.1. The van der Waals surface area contributed by atoms with Gasteiger partial charge in [0.05, 0.1) is 6.10 Å². The Labute approximate surface area is 115 Å². The standard InChI is InChI=1S/C17H25NO/c1-15-6-12-7-16(2,9-15)11-17(8-12,10-15)14(19)13-4-3-5-18-13/h3-5,12,14,18-19H,6-11H2,1-2H3. The van der Waals surface area contributed by atoms with Gasteiger partial charge in [0.15, 0.2) is 0 Å². The lowest BCUT2D eigenvalue weighted by Crippen LogP contribution is -2.56. The highest BCUT2D eigenvalue weighted by molar-refractivity contribution is 5.18. The number of aromatic nitrogens is 1. The quantitative estimate of drug-likeness (QED) is 0.826. The van der Waals surface area contributed by atoms with Gasteiger partial charge < -0.3 is 10.1 Å². The predicted molar refractivity (Wildman–Crippen MR) is 75.6 cm³/mol. The van der Waals surface area contributed by atoms with Crippen LogP contribution in [-0.4, -0.2) is 10.1 Å². The van der Waals surface area contributed by atoms with E-state index < -0.39 is 0 Å². The highest BCUT2D eigenvalue weighted by Crippen LogP contribution is 2.72. The molecule has 5 rings (SSSR count). The molecule has 4 saturated carbocycles. The van der Waals surface area contributed by atoms with Crippen molar-refractivity contribution >= 4 is 0 Å². The van der Waals surface area contributed by atoms with E-state index in [9.17, 15) is 5.11 Å². The second-order valence-corrected chi connectivity index (χ2v) is 8.52. The summed E-state index contributed by atoms with van der Waals surface area (Å²) in [5, 5.41) is 11.0. The van der Waals surface area contributed by atoms with Crippen LogP contribution in [-0.2, 0) is 0 Å². The summed E-state index contributed by atoms with van der Waals surface area (Å²) in [7, 11) is 0.